The molecule has 112 valence electrons. The van der Waals surface area contributed by atoms with Crippen LogP contribution in [-0.4, -0.2) is 30.6 Å². The maximum Gasteiger partial charge on any atom is 0.269 e. The van der Waals surface area contributed by atoms with Crippen LogP contribution in [0.15, 0.2) is 36.8 Å². The van der Waals surface area contributed by atoms with Gasteiger partial charge in [-0.1, -0.05) is 0 Å². The lowest BCUT2D eigenvalue weighted by molar-refractivity contribution is 0.0945. The molecule has 0 unspecified atom stereocenters. The molecule has 3 rings (SSSR count). The molecule has 22 heavy (non-hydrogen) atoms. The van der Waals surface area contributed by atoms with Gasteiger partial charge in [-0.15, -0.1) is 0 Å². The summed E-state index contributed by atoms with van der Waals surface area (Å²) in [7, 11) is 1.93. The zero-order valence-electron chi connectivity index (χ0n) is 12.4. The van der Waals surface area contributed by atoms with E-state index in [1.54, 1.807) is 18.5 Å². The van der Waals surface area contributed by atoms with E-state index in [2.05, 4.69) is 25.5 Å². The fourth-order valence-corrected chi connectivity index (χ4v) is 2.07. The van der Waals surface area contributed by atoms with Crippen molar-refractivity contribution in [3.8, 4) is 11.4 Å². The fourth-order valence-electron chi connectivity index (χ4n) is 2.07. The Labute approximate surface area is 127 Å². The van der Waals surface area contributed by atoms with E-state index in [9.17, 15) is 4.79 Å². The van der Waals surface area contributed by atoms with Crippen LogP contribution >= 0.6 is 0 Å². The Hall–Kier alpha value is -2.96. The highest BCUT2D eigenvalue weighted by atomic mass is 16.1. The second-order valence-corrected chi connectivity index (χ2v) is 5.00. The Morgan fingerprint density at radius 1 is 1.36 bits per heavy atom. The average Bonchev–Trinajstić information content (AvgIpc) is 3.15. The van der Waals surface area contributed by atoms with Crippen LogP contribution in [0.4, 0.5) is 0 Å². The summed E-state index contributed by atoms with van der Waals surface area (Å²) >= 11 is 0. The number of nitrogens with zero attached hydrogens (tertiary/aromatic N) is 4. The largest absolute Gasteiger partial charge is 0.349 e. The third-order valence-electron chi connectivity index (χ3n) is 3.29. The first-order chi connectivity index (χ1) is 10.6. The summed E-state index contributed by atoms with van der Waals surface area (Å²) < 4.78 is 1.94. The number of amides is 1. The quantitative estimate of drug-likeness (QED) is 0.762. The van der Waals surface area contributed by atoms with Crippen LogP contribution in [0, 0.1) is 6.92 Å². The molecule has 3 aromatic heterocycles. The summed E-state index contributed by atoms with van der Waals surface area (Å²) in [5.41, 5.74) is 3.64. The van der Waals surface area contributed by atoms with E-state index >= 15 is 0 Å². The van der Waals surface area contributed by atoms with Gasteiger partial charge in [0.1, 0.15) is 11.4 Å². The Bertz CT molecular complexity index is 786. The number of aromatic amines is 1. The minimum absolute atomic E-state index is 0.227. The highest BCUT2D eigenvalue weighted by Crippen LogP contribution is 2.17. The Morgan fingerprint density at radius 3 is 2.91 bits per heavy atom. The highest BCUT2D eigenvalue weighted by Gasteiger charge is 2.12. The second kappa shape index (κ2) is 5.80. The molecule has 0 atom stereocenters. The Balaban J connectivity index is 1.67. The standard InChI is InChI=1S/C15H16N6O/c1-10-7-17-11(8-16-10)9-18-15(22)13-6-12(19-20-13)14-4-3-5-21(14)2/h3-8H,9H2,1-2H3,(H,18,22)(H,19,20). The lowest BCUT2D eigenvalue weighted by Gasteiger charge is -2.02. The average molecular weight is 296 g/mol. The molecule has 7 heteroatoms. The highest BCUT2D eigenvalue weighted by molar-refractivity contribution is 5.93. The van der Waals surface area contributed by atoms with E-state index in [0.29, 0.717) is 17.9 Å². The number of carbonyl (C=O) groups excluding carboxylic acids is 1. The molecule has 0 bridgehead atoms. The van der Waals surface area contributed by atoms with Crippen molar-refractivity contribution >= 4 is 5.91 Å². The van der Waals surface area contributed by atoms with Gasteiger partial charge < -0.3 is 9.88 Å². The summed E-state index contributed by atoms with van der Waals surface area (Å²) in [4.78, 5) is 20.5. The van der Waals surface area contributed by atoms with Crippen molar-refractivity contribution in [3.63, 3.8) is 0 Å². The third kappa shape index (κ3) is 2.88. The minimum atomic E-state index is -0.227. The van der Waals surface area contributed by atoms with Gasteiger partial charge in [0, 0.05) is 19.4 Å². The van der Waals surface area contributed by atoms with Crippen molar-refractivity contribution < 1.29 is 4.79 Å². The third-order valence-corrected chi connectivity index (χ3v) is 3.29. The number of hydrogen-bond donors (Lipinski definition) is 2. The van der Waals surface area contributed by atoms with Crippen LogP contribution < -0.4 is 5.32 Å². The molecule has 3 aromatic rings. The van der Waals surface area contributed by atoms with E-state index in [0.717, 1.165) is 17.1 Å². The molecule has 0 aromatic carbocycles. The van der Waals surface area contributed by atoms with Crippen molar-refractivity contribution in [1.29, 1.82) is 0 Å². The number of aromatic nitrogens is 5. The zero-order chi connectivity index (χ0) is 15.5. The summed E-state index contributed by atoms with van der Waals surface area (Å²) in [5, 5.41) is 9.72. The maximum atomic E-state index is 12.1. The Morgan fingerprint density at radius 2 is 2.23 bits per heavy atom. The predicted octanol–water partition coefficient (Wildman–Crippen LogP) is 1.44. The minimum Gasteiger partial charge on any atom is -0.349 e. The van der Waals surface area contributed by atoms with Gasteiger partial charge in [0.05, 0.1) is 29.8 Å². The van der Waals surface area contributed by atoms with Crippen LogP contribution in [0.25, 0.3) is 11.4 Å². The van der Waals surface area contributed by atoms with Crippen LogP contribution in [0.5, 0.6) is 0 Å². The summed E-state index contributed by atoms with van der Waals surface area (Å²) in [5.74, 6) is -0.227. The molecule has 7 nitrogen and oxygen atoms in total. The molecule has 0 aliphatic rings. The van der Waals surface area contributed by atoms with Crippen molar-refractivity contribution in [2.75, 3.05) is 0 Å². The van der Waals surface area contributed by atoms with Crippen molar-refractivity contribution in [2.24, 2.45) is 7.05 Å². The van der Waals surface area contributed by atoms with Crippen LogP contribution in [-0.2, 0) is 13.6 Å². The fraction of sp³-hybridized carbons (Fsp3) is 0.200. The zero-order valence-corrected chi connectivity index (χ0v) is 12.4. The van der Waals surface area contributed by atoms with Crippen LogP contribution in [0.2, 0.25) is 0 Å². The lowest BCUT2D eigenvalue weighted by Crippen LogP contribution is -2.23. The van der Waals surface area contributed by atoms with E-state index in [-0.39, 0.29) is 5.91 Å². The SMILES string of the molecule is Cc1cnc(CNC(=O)c2cc(-c3cccn3C)n[nH]2)cn1. The number of carbonyl (C=O) groups is 1. The van der Waals surface area contributed by atoms with Gasteiger partial charge >= 0.3 is 0 Å². The first-order valence-electron chi connectivity index (χ1n) is 6.86. The smallest absolute Gasteiger partial charge is 0.269 e. The Kier molecular flexibility index (Phi) is 3.69. The lowest BCUT2D eigenvalue weighted by atomic mass is 10.2. The summed E-state index contributed by atoms with van der Waals surface area (Å²) in [6, 6.07) is 5.60. The van der Waals surface area contributed by atoms with Crippen molar-refractivity contribution in [1.82, 2.24) is 30.0 Å². The number of rotatable bonds is 4. The first kappa shape index (κ1) is 14.0. The maximum absolute atomic E-state index is 12.1. The molecule has 1 amide bonds. The predicted molar refractivity (Wildman–Crippen MR) is 80.9 cm³/mol. The molecule has 0 saturated heterocycles. The van der Waals surface area contributed by atoms with E-state index in [1.807, 2.05) is 36.9 Å². The molecule has 3 heterocycles. The number of aryl methyl sites for hydroxylation is 2. The molecule has 0 saturated carbocycles. The molecule has 0 spiro atoms. The second-order valence-electron chi connectivity index (χ2n) is 5.00. The van der Waals surface area contributed by atoms with Gasteiger partial charge in [0.15, 0.2) is 0 Å². The van der Waals surface area contributed by atoms with Crippen molar-refractivity contribution in [2.45, 2.75) is 13.5 Å². The molecule has 0 aliphatic carbocycles. The topological polar surface area (TPSA) is 88.5 Å². The summed E-state index contributed by atoms with van der Waals surface area (Å²) in [6.07, 6.45) is 5.25. The first-order valence-corrected chi connectivity index (χ1v) is 6.86. The molecule has 0 aliphatic heterocycles. The molecule has 0 radical (unpaired) electrons. The van der Waals surface area contributed by atoms with Gasteiger partial charge in [-0.25, -0.2) is 0 Å². The van der Waals surface area contributed by atoms with Gasteiger partial charge in [0.25, 0.3) is 5.91 Å². The van der Waals surface area contributed by atoms with Crippen LogP contribution in [0.1, 0.15) is 21.9 Å². The van der Waals surface area contributed by atoms with Gasteiger partial charge in [-0.2, -0.15) is 5.10 Å². The molecular weight excluding hydrogens is 280 g/mol. The van der Waals surface area contributed by atoms with Gasteiger partial charge in [-0.05, 0) is 25.1 Å². The van der Waals surface area contributed by atoms with Gasteiger partial charge in [-0.3, -0.25) is 19.9 Å². The number of H-pyrrole nitrogens is 1. The van der Waals surface area contributed by atoms with E-state index < -0.39 is 0 Å². The molecule has 0 fully saturated rings. The monoisotopic (exact) mass is 296 g/mol. The van der Waals surface area contributed by atoms with Gasteiger partial charge in [0.2, 0.25) is 0 Å². The summed E-state index contributed by atoms with van der Waals surface area (Å²) in [6.45, 7) is 2.19. The number of hydrogen-bond acceptors (Lipinski definition) is 4. The van der Waals surface area contributed by atoms with E-state index in [4.69, 9.17) is 0 Å². The molecular formula is C15H16N6O. The molecule has 2 N–H and O–H groups in total. The van der Waals surface area contributed by atoms with Crippen LogP contribution in [0.3, 0.4) is 0 Å². The number of nitrogens with one attached hydrogen (secondary N) is 2. The van der Waals surface area contributed by atoms with E-state index in [1.165, 1.54) is 0 Å². The van der Waals surface area contributed by atoms with Crippen molar-refractivity contribution in [3.05, 3.63) is 53.9 Å². The normalized spacial score (nSPS) is 10.6.